The summed E-state index contributed by atoms with van der Waals surface area (Å²) in [6.45, 7) is 1.04. The van der Waals surface area contributed by atoms with Gasteiger partial charge in [0.2, 0.25) is 15.9 Å². The predicted octanol–water partition coefficient (Wildman–Crippen LogP) is 2.43. The fraction of sp³-hybridized carbons (Fsp3) is 0.286. The van der Waals surface area contributed by atoms with Crippen LogP contribution in [0.1, 0.15) is 0 Å². The summed E-state index contributed by atoms with van der Waals surface area (Å²) in [4.78, 5) is 11.4. The Bertz CT molecular complexity index is 1340. The van der Waals surface area contributed by atoms with Crippen LogP contribution in [0.5, 0.6) is 5.75 Å². The number of nitrogens with zero attached hydrogens (tertiary/aromatic N) is 4. The summed E-state index contributed by atoms with van der Waals surface area (Å²) in [7, 11) is -3.80. The van der Waals surface area contributed by atoms with Crippen molar-refractivity contribution in [1.82, 2.24) is 19.1 Å². The van der Waals surface area contributed by atoms with Gasteiger partial charge in [0, 0.05) is 24.3 Å². The van der Waals surface area contributed by atoms with Gasteiger partial charge in [-0.3, -0.25) is 9.36 Å². The maximum absolute atomic E-state index is 13.1. The lowest BCUT2D eigenvalue weighted by molar-refractivity contribution is -0.274. The molecule has 3 aromatic rings. The van der Waals surface area contributed by atoms with Crippen LogP contribution in [0.25, 0.3) is 17.1 Å². The zero-order chi connectivity index (χ0) is 25.9. The molecule has 0 spiro atoms. The van der Waals surface area contributed by atoms with Gasteiger partial charge in [-0.15, -0.1) is 23.4 Å². The lowest BCUT2D eigenvalue weighted by Gasteiger charge is -2.26. The molecule has 0 radical (unpaired) electrons. The molecule has 15 heteroatoms. The predicted molar refractivity (Wildman–Crippen MR) is 123 cm³/mol. The monoisotopic (exact) mass is 543 g/mol. The number of primary amides is 1. The van der Waals surface area contributed by atoms with E-state index in [4.69, 9.17) is 10.5 Å². The number of benzene rings is 2. The summed E-state index contributed by atoms with van der Waals surface area (Å²) in [5.41, 5.74) is 5.99. The van der Waals surface area contributed by atoms with Gasteiger partial charge in [-0.2, -0.15) is 4.31 Å². The Morgan fingerprint density at radius 1 is 1.11 bits per heavy atom. The highest BCUT2D eigenvalue weighted by atomic mass is 32.2. The number of thioether (sulfide) groups is 1. The van der Waals surface area contributed by atoms with E-state index in [1.165, 1.54) is 33.1 Å². The molecule has 0 saturated carbocycles. The first-order valence-electron chi connectivity index (χ1n) is 10.5. The van der Waals surface area contributed by atoms with Crippen LogP contribution in [0.4, 0.5) is 13.2 Å². The number of hydrogen-bond acceptors (Lipinski definition) is 8. The fourth-order valence-corrected chi connectivity index (χ4v) is 5.59. The van der Waals surface area contributed by atoms with Gasteiger partial charge >= 0.3 is 6.36 Å². The number of carbonyl (C=O) groups excluding carboxylic acids is 1. The Labute approximate surface area is 208 Å². The lowest BCUT2D eigenvalue weighted by Crippen LogP contribution is -2.40. The topological polar surface area (TPSA) is 130 Å². The maximum Gasteiger partial charge on any atom is 0.573 e. The number of halogens is 3. The molecule has 1 aromatic heterocycles. The molecule has 10 nitrogen and oxygen atoms in total. The van der Waals surface area contributed by atoms with Crippen LogP contribution < -0.4 is 10.5 Å². The second kappa shape index (κ2) is 10.5. The highest BCUT2D eigenvalue weighted by molar-refractivity contribution is 7.99. The molecule has 2 heterocycles. The van der Waals surface area contributed by atoms with Crippen LogP contribution in [0.15, 0.2) is 58.6 Å². The van der Waals surface area contributed by atoms with Crippen LogP contribution in [0, 0.1) is 0 Å². The van der Waals surface area contributed by atoms with Crippen LogP contribution in [0.2, 0.25) is 0 Å². The normalized spacial score (nSPS) is 15.1. The Balaban J connectivity index is 1.74. The third kappa shape index (κ3) is 5.98. The minimum atomic E-state index is -4.85. The molecular formula is C21H20F3N5O5S2. The third-order valence-corrected chi connectivity index (χ3v) is 7.85. The molecule has 1 amide bonds. The number of sulfonamides is 1. The van der Waals surface area contributed by atoms with Gasteiger partial charge in [-0.1, -0.05) is 23.9 Å². The van der Waals surface area contributed by atoms with E-state index in [0.717, 1.165) is 23.9 Å². The average molecular weight is 544 g/mol. The molecular weight excluding hydrogens is 523 g/mol. The Kier molecular flexibility index (Phi) is 7.54. The van der Waals surface area contributed by atoms with E-state index >= 15 is 0 Å². The van der Waals surface area contributed by atoms with Gasteiger partial charge in [-0.25, -0.2) is 8.42 Å². The van der Waals surface area contributed by atoms with Crippen molar-refractivity contribution in [3.63, 3.8) is 0 Å². The van der Waals surface area contributed by atoms with Gasteiger partial charge in [0.05, 0.1) is 23.9 Å². The molecule has 0 aliphatic carbocycles. The van der Waals surface area contributed by atoms with Crippen LogP contribution in [0.3, 0.4) is 0 Å². The van der Waals surface area contributed by atoms with E-state index in [0.29, 0.717) is 24.5 Å². The Hall–Kier alpha value is -3.14. The minimum Gasteiger partial charge on any atom is -0.406 e. The molecule has 0 bridgehead atoms. The van der Waals surface area contributed by atoms with E-state index in [9.17, 15) is 26.4 Å². The van der Waals surface area contributed by atoms with E-state index in [-0.39, 0.29) is 34.7 Å². The summed E-state index contributed by atoms with van der Waals surface area (Å²) >= 11 is 0.975. The fourth-order valence-electron chi connectivity index (χ4n) is 3.45. The van der Waals surface area contributed by atoms with E-state index < -0.39 is 28.0 Å². The summed E-state index contributed by atoms with van der Waals surface area (Å²) in [5, 5.41) is 8.47. The molecule has 36 heavy (non-hydrogen) atoms. The van der Waals surface area contributed by atoms with Crippen molar-refractivity contribution in [3.8, 4) is 22.8 Å². The standard InChI is InChI=1S/C21H20F3N5O5S2/c22-21(23,24)34-16-6-4-15(5-7-16)29-19(26-27-20(29)35-13-18(25)30)14-2-1-3-17(12-14)36(31,32)28-8-10-33-11-9-28/h1-7,12H,8-11,13H2,(H2,25,30). The first-order chi connectivity index (χ1) is 17.0. The number of ether oxygens (including phenoxy) is 2. The van der Waals surface area contributed by atoms with Gasteiger partial charge in [0.1, 0.15) is 5.75 Å². The van der Waals surface area contributed by atoms with E-state index in [1.54, 1.807) is 12.1 Å². The summed E-state index contributed by atoms with van der Waals surface area (Å²) < 4.78 is 75.9. The number of aromatic nitrogens is 3. The number of nitrogens with two attached hydrogens (primary N) is 1. The Morgan fingerprint density at radius 2 is 1.81 bits per heavy atom. The van der Waals surface area contributed by atoms with Crippen LogP contribution in [-0.2, 0) is 19.6 Å². The number of amides is 1. The first-order valence-corrected chi connectivity index (χ1v) is 12.9. The highest BCUT2D eigenvalue weighted by Crippen LogP contribution is 2.31. The molecule has 1 fully saturated rings. The smallest absolute Gasteiger partial charge is 0.406 e. The van der Waals surface area contributed by atoms with Crippen molar-refractivity contribution in [2.24, 2.45) is 5.73 Å². The van der Waals surface area contributed by atoms with Crippen molar-refractivity contribution >= 4 is 27.7 Å². The number of alkyl halides is 3. The molecule has 192 valence electrons. The van der Waals surface area contributed by atoms with Crippen molar-refractivity contribution in [1.29, 1.82) is 0 Å². The number of morpholine rings is 1. The van der Waals surface area contributed by atoms with Crippen LogP contribution >= 0.6 is 11.8 Å². The summed E-state index contributed by atoms with van der Waals surface area (Å²) in [6.07, 6.45) is -4.85. The van der Waals surface area contributed by atoms with Crippen molar-refractivity contribution < 1.29 is 35.9 Å². The van der Waals surface area contributed by atoms with E-state index in [2.05, 4.69) is 14.9 Å². The Morgan fingerprint density at radius 3 is 2.44 bits per heavy atom. The lowest BCUT2D eigenvalue weighted by atomic mass is 10.2. The van der Waals surface area contributed by atoms with Gasteiger partial charge < -0.3 is 15.2 Å². The van der Waals surface area contributed by atoms with Crippen molar-refractivity contribution in [2.75, 3.05) is 32.1 Å². The molecule has 1 aliphatic rings. The van der Waals surface area contributed by atoms with Crippen LogP contribution in [-0.4, -0.2) is 71.8 Å². The molecule has 0 atom stereocenters. The quantitative estimate of drug-likeness (QED) is 0.429. The second-order valence-corrected chi connectivity index (χ2v) is 10.4. The van der Waals surface area contributed by atoms with E-state index in [1.807, 2.05) is 0 Å². The number of hydrogen-bond donors (Lipinski definition) is 1. The third-order valence-electron chi connectivity index (χ3n) is 5.01. The molecule has 0 unspecified atom stereocenters. The molecule has 2 aromatic carbocycles. The average Bonchev–Trinajstić information content (AvgIpc) is 3.27. The second-order valence-electron chi connectivity index (χ2n) is 7.48. The SMILES string of the molecule is NC(=O)CSc1nnc(-c2cccc(S(=O)(=O)N3CCOCC3)c2)n1-c1ccc(OC(F)(F)F)cc1. The van der Waals surface area contributed by atoms with Crippen molar-refractivity contribution in [2.45, 2.75) is 16.4 Å². The zero-order valence-electron chi connectivity index (χ0n) is 18.5. The number of carbonyl (C=O) groups is 1. The molecule has 1 aliphatic heterocycles. The van der Waals surface area contributed by atoms with Gasteiger partial charge in [-0.05, 0) is 36.4 Å². The highest BCUT2D eigenvalue weighted by Gasteiger charge is 2.31. The molecule has 1 saturated heterocycles. The zero-order valence-corrected chi connectivity index (χ0v) is 20.1. The summed E-state index contributed by atoms with van der Waals surface area (Å²) in [5.74, 6) is -0.946. The minimum absolute atomic E-state index is 0.0386. The number of rotatable bonds is 8. The van der Waals surface area contributed by atoms with Gasteiger partial charge in [0.25, 0.3) is 0 Å². The largest absolute Gasteiger partial charge is 0.573 e. The van der Waals surface area contributed by atoms with Crippen molar-refractivity contribution in [3.05, 3.63) is 48.5 Å². The maximum atomic E-state index is 13.1. The first kappa shape index (κ1) is 25.9. The summed E-state index contributed by atoms with van der Waals surface area (Å²) in [6, 6.07) is 11.0. The molecule has 4 rings (SSSR count). The molecule has 2 N–H and O–H groups in total. The van der Waals surface area contributed by atoms with Gasteiger partial charge in [0.15, 0.2) is 11.0 Å².